The SMILES string of the molecule is Cc1cc(C)cc(C(C)NCCCOc2ccccc2)c1. The van der Waals surface area contributed by atoms with E-state index in [1.807, 2.05) is 30.3 Å². The maximum absolute atomic E-state index is 5.69. The minimum atomic E-state index is 0.375. The van der Waals surface area contributed by atoms with Gasteiger partial charge in [0.15, 0.2) is 0 Å². The van der Waals surface area contributed by atoms with Gasteiger partial charge >= 0.3 is 0 Å². The lowest BCUT2D eigenvalue weighted by Crippen LogP contribution is -2.21. The average molecular weight is 283 g/mol. The summed E-state index contributed by atoms with van der Waals surface area (Å²) in [5, 5.41) is 3.56. The van der Waals surface area contributed by atoms with Gasteiger partial charge in [0, 0.05) is 6.04 Å². The number of benzene rings is 2. The molecule has 2 rings (SSSR count). The Morgan fingerprint density at radius 1 is 1.00 bits per heavy atom. The third kappa shape index (κ3) is 5.24. The van der Waals surface area contributed by atoms with Gasteiger partial charge in [-0.1, -0.05) is 47.5 Å². The van der Waals surface area contributed by atoms with E-state index in [9.17, 15) is 0 Å². The van der Waals surface area contributed by atoms with Crippen molar-refractivity contribution in [1.82, 2.24) is 5.32 Å². The second-order valence-corrected chi connectivity index (χ2v) is 5.61. The fourth-order valence-corrected chi connectivity index (χ4v) is 2.48. The van der Waals surface area contributed by atoms with Gasteiger partial charge in [-0.3, -0.25) is 0 Å². The Hall–Kier alpha value is -1.80. The lowest BCUT2D eigenvalue weighted by Gasteiger charge is -2.16. The van der Waals surface area contributed by atoms with Crippen molar-refractivity contribution in [2.45, 2.75) is 33.2 Å². The van der Waals surface area contributed by atoms with E-state index in [2.05, 4.69) is 44.3 Å². The molecular weight excluding hydrogens is 258 g/mol. The van der Waals surface area contributed by atoms with Crippen LogP contribution in [0.2, 0.25) is 0 Å². The van der Waals surface area contributed by atoms with Gasteiger partial charge < -0.3 is 10.1 Å². The molecule has 1 atom stereocenters. The fourth-order valence-electron chi connectivity index (χ4n) is 2.48. The van der Waals surface area contributed by atoms with Crippen LogP contribution in [-0.4, -0.2) is 13.2 Å². The van der Waals surface area contributed by atoms with Crippen molar-refractivity contribution < 1.29 is 4.74 Å². The number of rotatable bonds is 7. The van der Waals surface area contributed by atoms with Gasteiger partial charge in [0.05, 0.1) is 6.61 Å². The van der Waals surface area contributed by atoms with Crippen LogP contribution >= 0.6 is 0 Å². The first-order chi connectivity index (χ1) is 10.1. The summed E-state index contributed by atoms with van der Waals surface area (Å²) in [6, 6.07) is 17.1. The quantitative estimate of drug-likeness (QED) is 0.759. The minimum Gasteiger partial charge on any atom is -0.494 e. The second kappa shape index (κ2) is 7.84. The summed E-state index contributed by atoms with van der Waals surface area (Å²) in [7, 11) is 0. The third-order valence-electron chi connectivity index (χ3n) is 3.53. The van der Waals surface area contributed by atoms with E-state index >= 15 is 0 Å². The van der Waals surface area contributed by atoms with Crippen molar-refractivity contribution in [2.24, 2.45) is 0 Å². The smallest absolute Gasteiger partial charge is 0.119 e. The van der Waals surface area contributed by atoms with Gasteiger partial charge in [0.2, 0.25) is 0 Å². The molecule has 0 saturated heterocycles. The molecule has 0 saturated carbocycles. The molecule has 2 heteroatoms. The minimum absolute atomic E-state index is 0.375. The molecule has 0 bridgehead atoms. The summed E-state index contributed by atoms with van der Waals surface area (Å²) < 4.78 is 5.69. The van der Waals surface area contributed by atoms with E-state index in [1.54, 1.807) is 0 Å². The Kier molecular flexibility index (Phi) is 5.82. The highest BCUT2D eigenvalue weighted by atomic mass is 16.5. The molecule has 0 aliphatic rings. The number of nitrogens with one attached hydrogen (secondary N) is 1. The van der Waals surface area contributed by atoms with E-state index in [0.29, 0.717) is 6.04 Å². The molecule has 0 fully saturated rings. The van der Waals surface area contributed by atoms with Gasteiger partial charge in [-0.15, -0.1) is 0 Å². The average Bonchev–Trinajstić information content (AvgIpc) is 2.47. The van der Waals surface area contributed by atoms with Crippen molar-refractivity contribution in [3.05, 3.63) is 65.2 Å². The first-order valence-corrected chi connectivity index (χ1v) is 7.64. The van der Waals surface area contributed by atoms with Gasteiger partial charge in [-0.2, -0.15) is 0 Å². The maximum Gasteiger partial charge on any atom is 0.119 e. The van der Waals surface area contributed by atoms with Crippen molar-refractivity contribution in [3.63, 3.8) is 0 Å². The fraction of sp³-hybridized carbons (Fsp3) is 0.368. The first-order valence-electron chi connectivity index (χ1n) is 7.64. The molecule has 0 aliphatic carbocycles. The van der Waals surface area contributed by atoms with E-state index in [0.717, 1.165) is 25.3 Å². The standard InChI is InChI=1S/C19H25NO/c1-15-12-16(2)14-18(13-15)17(3)20-10-7-11-21-19-8-5-4-6-9-19/h4-6,8-9,12-14,17,20H,7,10-11H2,1-3H3. The molecule has 2 aromatic rings. The van der Waals surface area contributed by atoms with Crippen molar-refractivity contribution in [1.29, 1.82) is 0 Å². The molecule has 1 unspecified atom stereocenters. The summed E-state index contributed by atoms with van der Waals surface area (Å²) in [6.45, 7) is 8.22. The molecule has 0 heterocycles. The van der Waals surface area contributed by atoms with Crippen LogP contribution in [0.1, 0.15) is 36.1 Å². The van der Waals surface area contributed by atoms with Gasteiger partial charge in [-0.05, 0) is 51.4 Å². The van der Waals surface area contributed by atoms with Crippen molar-refractivity contribution in [2.75, 3.05) is 13.2 Å². The zero-order valence-corrected chi connectivity index (χ0v) is 13.2. The molecule has 2 nitrogen and oxygen atoms in total. The van der Waals surface area contributed by atoms with Gasteiger partial charge in [0.1, 0.15) is 5.75 Å². The molecule has 0 amide bonds. The van der Waals surface area contributed by atoms with Crippen LogP contribution in [0.25, 0.3) is 0 Å². The molecule has 112 valence electrons. The largest absolute Gasteiger partial charge is 0.494 e. The Balaban J connectivity index is 1.70. The lowest BCUT2D eigenvalue weighted by molar-refractivity contribution is 0.305. The molecule has 0 radical (unpaired) electrons. The Labute approximate surface area is 128 Å². The summed E-state index contributed by atoms with van der Waals surface area (Å²) in [4.78, 5) is 0. The van der Waals surface area contributed by atoms with E-state index < -0.39 is 0 Å². The third-order valence-corrected chi connectivity index (χ3v) is 3.53. The van der Waals surface area contributed by atoms with Crippen LogP contribution < -0.4 is 10.1 Å². The van der Waals surface area contributed by atoms with Crippen LogP contribution in [0.3, 0.4) is 0 Å². The Bertz CT molecular complexity index is 530. The summed E-state index contributed by atoms with van der Waals surface area (Å²) in [5.74, 6) is 0.944. The van der Waals surface area contributed by atoms with Gasteiger partial charge in [-0.25, -0.2) is 0 Å². The van der Waals surface area contributed by atoms with Crippen molar-refractivity contribution in [3.8, 4) is 5.75 Å². The highest BCUT2D eigenvalue weighted by molar-refractivity contribution is 5.30. The lowest BCUT2D eigenvalue weighted by atomic mass is 10.0. The van der Waals surface area contributed by atoms with E-state index in [-0.39, 0.29) is 0 Å². The molecule has 1 N–H and O–H groups in total. The topological polar surface area (TPSA) is 21.3 Å². The first kappa shape index (κ1) is 15.6. The molecular formula is C19H25NO. The normalized spacial score (nSPS) is 12.1. The van der Waals surface area contributed by atoms with Crippen LogP contribution in [-0.2, 0) is 0 Å². The zero-order chi connectivity index (χ0) is 15.1. The number of para-hydroxylation sites is 1. The Morgan fingerprint density at radius 2 is 1.67 bits per heavy atom. The summed E-state index contributed by atoms with van der Waals surface area (Å²) in [5.41, 5.74) is 4.01. The number of ether oxygens (including phenoxy) is 1. The number of hydrogen-bond acceptors (Lipinski definition) is 2. The van der Waals surface area contributed by atoms with Crippen LogP contribution in [0, 0.1) is 13.8 Å². The van der Waals surface area contributed by atoms with Crippen LogP contribution in [0.15, 0.2) is 48.5 Å². The molecule has 2 aromatic carbocycles. The number of aryl methyl sites for hydroxylation is 2. The molecule has 0 aliphatic heterocycles. The summed E-state index contributed by atoms with van der Waals surface area (Å²) >= 11 is 0. The monoisotopic (exact) mass is 283 g/mol. The van der Waals surface area contributed by atoms with Crippen LogP contribution in [0.5, 0.6) is 5.75 Å². The molecule has 0 aromatic heterocycles. The highest BCUT2D eigenvalue weighted by Crippen LogP contribution is 2.16. The van der Waals surface area contributed by atoms with Gasteiger partial charge in [0.25, 0.3) is 0 Å². The highest BCUT2D eigenvalue weighted by Gasteiger charge is 2.05. The van der Waals surface area contributed by atoms with Crippen LogP contribution in [0.4, 0.5) is 0 Å². The Morgan fingerprint density at radius 3 is 2.33 bits per heavy atom. The zero-order valence-electron chi connectivity index (χ0n) is 13.2. The molecule has 0 spiro atoms. The number of hydrogen-bond donors (Lipinski definition) is 1. The van der Waals surface area contributed by atoms with E-state index in [4.69, 9.17) is 4.74 Å². The summed E-state index contributed by atoms with van der Waals surface area (Å²) in [6.07, 6.45) is 1.00. The second-order valence-electron chi connectivity index (χ2n) is 5.61. The molecule has 21 heavy (non-hydrogen) atoms. The predicted molar refractivity (Wildman–Crippen MR) is 88.9 cm³/mol. The maximum atomic E-state index is 5.69. The van der Waals surface area contributed by atoms with Crippen molar-refractivity contribution >= 4 is 0 Å². The predicted octanol–water partition coefficient (Wildman–Crippen LogP) is 4.42. The van der Waals surface area contributed by atoms with E-state index in [1.165, 1.54) is 16.7 Å².